The number of carboxylic acid groups (broad SMARTS) is 4. The lowest BCUT2D eigenvalue weighted by molar-refractivity contribution is -0.140. The van der Waals surface area contributed by atoms with Gasteiger partial charge in [-0.25, -0.2) is 4.79 Å². The van der Waals surface area contributed by atoms with Crippen molar-refractivity contribution < 1.29 is 77.9 Å². The standard InChI is InChI=1S/C33H45N7O16S2/c1-56-33(55)17-3-2-4-21(38-26(44)15-58-14-23(30(50)37-11-28(47)48)40-25(43)8-6-20(35)32(53)54)18(17)9-16(41)12-57-13-22(29(49)36-10-27(45)46)39-24(42)7-5-19(34)31(51)52/h2-4,19-20,22-23H,5-15,34-35H2,1H3,(H,36,49)(H,37,50)(H,38,44)(H,39,42)(H,40,43)(H,45,46)(H,47,48)(H,51,52)(H,53,54). The Morgan fingerprint density at radius 1 is 0.690 bits per heavy atom. The largest absolute Gasteiger partial charge is 0.480 e. The van der Waals surface area contributed by atoms with Gasteiger partial charge in [-0.2, -0.15) is 11.8 Å². The number of carbonyl (C=O) groups is 11. The average molecular weight is 860 g/mol. The van der Waals surface area contributed by atoms with Crippen LogP contribution in [0.5, 0.6) is 0 Å². The minimum absolute atomic E-state index is 0.0310. The van der Waals surface area contributed by atoms with Crippen LogP contribution in [0.15, 0.2) is 18.2 Å². The Morgan fingerprint density at radius 2 is 1.16 bits per heavy atom. The fourth-order valence-electron chi connectivity index (χ4n) is 4.48. The van der Waals surface area contributed by atoms with Crippen LogP contribution in [-0.4, -0.2) is 153 Å². The number of carbonyl (C=O) groups excluding carboxylic acids is 7. The third-order valence-electron chi connectivity index (χ3n) is 7.42. The number of amides is 5. The number of carboxylic acids is 4. The Balaban J connectivity index is 3.04. The number of rotatable bonds is 28. The number of hydrogen-bond acceptors (Lipinski definition) is 16. The van der Waals surface area contributed by atoms with Crippen molar-refractivity contribution in [1.29, 1.82) is 0 Å². The van der Waals surface area contributed by atoms with Crippen molar-refractivity contribution in [3.63, 3.8) is 0 Å². The summed E-state index contributed by atoms with van der Waals surface area (Å²) in [4.78, 5) is 133. The van der Waals surface area contributed by atoms with E-state index in [4.69, 9.17) is 36.6 Å². The van der Waals surface area contributed by atoms with Gasteiger partial charge in [-0.1, -0.05) is 6.07 Å². The van der Waals surface area contributed by atoms with Crippen LogP contribution < -0.4 is 38.1 Å². The molecule has 320 valence electrons. The minimum atomic E-state index is -1.37. The monoisotopic (exact) mass is 859 g/mol. The molecule has 0 aliphatic carbocycles. The zero-order chi connectivity index (χ0) is 43.9. The first-order valence-electron chi connectivity index (χ1n) is 17.0. The summed E-state index contributed by atoms with van der Waals surface area (Å²) in [7, 11) is 1.09. The smallest absolute Gasteiger partial charge is 0.338 e. The third-order valence-corrected chi connectivity index (χ3v) is 9.56. The van der Waals surface area contributed by atoms with E-state index in [1.54, 1.807) is 0 Å². The van der Waals surface area contributed by atoms with Gasteiger partial charge in [0.05, 0.1) is 24.2 Å². The number of thioether (sulfide) groups is 2. The fourth-order valence-corrected chi connectivity index (χ4v) is 6.24. The van der Waals surface area contributed by atoms with Crippen molar-refractivity contribution in [2.75, 3.05) is 48.5 Å². The topological polar surface area (TPSA) is 390 Å². The van der Waals surface area contributed by atoms with Crippen molar-refractivity contribution in [2.45, 2.75) is 56.3 Å². The van der Waals surface area contributed by atoms with Crippen LogP contribution >= 0.6 is 23.5 Å². The van der Waals surface area contributed by atoms with Crippen molar-refractivity contribution in [3.8, 4) is 0 Å². The number of benzene rings is 1. The van der Waals surface area contributed by atoms with E-state index in [2.05, 4.69) is 26.6 Å². The highest BCUT2D eigenvalue weighted by Gasteiger charge is 2.26. The normalized spacial score (nSPS) is 12.7. The molecule has 0 aliphatic heterocycles. The Kier molecular flexibility index (Phi) is 22.7. The minimum Gasteiger partial charge on any atom is -0.480 e. The number of esters is 1. The maximum absolute atomic E-state index is 13.2. The summed E-state index contributed by atoms with van der Waals surface area (Å²) in [5.41, 5.74) is 10.8. The molecule has 58 heavy (non-hydrogen) atoms. The van der Waals surface area contributed by atoms with Gasteiger partial charge in [-0.05, 0) is 30.5 Å². The number of ketones is 1. The molecule has 0 aromatic heterocycles. The molecule has 1 aromatic rings. The molecule has 0 bridgehead atoms. The van der Waals surface area contributed by atoms with Gasteiger partial charge in [0.25, 0.3) is 0 Å². The van der Waals surface area contributed by atoms with Crippen LogP contribution in [0, 0.1) is 0 Å². The first kappa shape index (κ1) is 50.2. The van der Waals surface area contributed by atoms with Crippen LogP contribution in [0.25, 0.3) is 0 Å². The van der Waals surface area contributed by atoms with Gasteiger partial charge in [-0.3, -0.25) is 47.9 Å². The number of methoxy groups -OCH3 is 1. The van der Waals surface area contributed by atoms with Crippen LogP contribution in [0.1, 0.15) is 41.6 Å². The molecular weight excluding hydrogens is 815 g/mol. The molecule has 0 heterocycles. The summed E-state index contributed by atoms with van der Waals surface area (Å²) in [5, 5.41) is 47.2. The molecule has 0 fully saturated rings. The van der Waals surface area contributed by atoms with Gasteiger partial charge >= 0.3 is 29.8 Å². The molecular formula is C33H45N7O16S2. The Morgan fingerprint density at radius 3 is 1.59 bits per heavy atom. The number of Topliss-reactive ketones (excluding diaryl/α,β-unsaturated/α-hetero) is 1. The van der Waals surface area contributed by atoms with Gasteiger partial charge < -0.3 is 63.2 Å². The molecule has 0 radical (unpaired) electrons. The molecule has 13 N–H and O–H groups in total. The van der Waals surface area contributed by atoms with Crippen LogP contribution in [0.3, 0.4) is 0 Å². The van der Waals surface area contributed by atoms with Crippen LogP contribution in [0.4, 0.5) is 5.69 Å². The van der Waals surface area contributed by atoms with Gasteiger partial charge in [-0.15, -0.1) is 11.8 Å². The molecule has 1 rings (SSSR count). The van der Waals surface area contributed by atoms with E-state index in [0.717, 1.165) is 30.6 Å². The number of anilines is 1. The lowest BCUT2D eigenvalue weighted by atomic mass is 10.00. The molecule has 25 heteroatoms. The average Bonchev–Trinajstić information content (AvgIpc) is 3.16. The quantitative estimate of drug-likeness (QED) is 0.0369. The molecule has 1 aromatic carbocycles. The highest BCUT2D eigenvalue weighted by atomic mass is 32.2. The van der Waals surface area contributed by atoms with E-state index in [9.17, 15) is 52.7 Å². The maximum atomic E-state index is 13.2. The third kappa shape index (κ3) is 19.9. The van der Waals surface area contributed by atoms with E-state index < -0.39 is 109 Å². The number of nitrogens with two attached hydrogens (primary N) is 2. The van der Waals surface area contributed by atoms with Crippen LogP contribution in [-0.2, 0) is 59.1 Å². The zero-order valence-electron chi connectivity index (χ0n) is 31.0. The second-order valence-corrected chi connectivity index (χ2v) is 14.1. The molecule has 23 nitrogen and oxygen atoms in total. The zero-order valence-corrected chi connectivity index (χ0v) is 32.6. The van der Waals surface area contributed by atoms with Crippen molar-refractivity contribution >= 4 is 94.4 Å². The summed E-state index contributed by atoms with van der Waals surface area (Å²) in [6.45, 7) is -1.55. The van der Waals surface area contributed by atoms with E-state index in [0.29, 0.717) is 0 Å². The predicted octanol–water partition coefficient (Wildman–Crippen LogP) is -3.25. The highest BCUT2D eigenvalue weighted by molar-refractivity contribution is 8.00. The summed E-state index contributed by atoms with van der Waals surface area (Å²) in [6, 6.07) is -1.24. The van der Waals surface area contributed by atoms with Crippen molar-refractivity contribution in [1.82, 2.24) is 21.3 Å². The highest BCUT2D eigenvalue weighted by Crippen LogP contribution is 2.23. The maximum Gasteiger partial charge on any atom is 0.338 e. The van der Waals surface area contributed by atoms with Crippen molar-refractivity contribution in [3.05, 3.63) is 29.3 Å². The van der Waals surface area contributed by atoms with E-state index in [1.165, 1.54) is 18.2 Å². The number of hydrogen-bond donors (Lipinski definition) is 11. The van der Waals surface area contributed by atoms with Crippen molar-refractivity contribution in [2.24, 2.45) is 11.5 Å². The van der Waals surface area contributed by atoms with Gasteiger partial charge in [0.15, 0.2) is 0 Å². The lowest BCUT2D eigenvalue weighted by Gasteiger charge is -2.19. The number of ether oxygens (including phenoxy) is 1. The van der Waals surface area contributed by atoms with E-state index >= 15 is 0 Å². The molecule has 0 saturated carbocycles. The molecule has 0 aliphatic rings. The van der Waals surface area contributed by atoms with Gasteiger partial charge in [0.2, 0.25) is 29.5 Å². The second kappa shape index (κ2) is 26.2. The van der Waals surface area contributed by atoms with E-state index in [1.807, 2.05) is 0 Å². The number of aliphatic carboxylic acids is 4. The summed E-state index contributed by atoms with van der Waals surface area (Å²) in [6.07, 6.45) is -1.71. The SMILES string of the molecule is COC(=O)c1cccc(NC(=O)CSCC(NC(=O)CCC(N)C(=O)O)C(=O)NCC(=O)O)c1CC(=O)CSCC(NC(=O)CCC(N)C(=O)O)C(=O)NCC(=O)O. The summed E-state index contributed by atoms with van der Waals surface area (Å²) >= 11 is 1.71. The predicted molar refractivity (Wildman–Crippen MR) is 205 cm³/mol. The molecule has 4 unspecified atom stereocenters. The van der Waals surface area contributed by atoms with Gasteiger partial charge in [0.1, 0.15) is 43.0 Å². The molecule has 0 saturated heterocycles. The van der Waals surface area contributed by atoms with Crippen LogP contribution in [0.2, 0.25) is 0 Å². The fraction of sp³-hybridized carbons (Fsp3) is 0.485. The first-order chi connectivity index (χ1) is 27.2. The first-order valence-corrected chi connectivity index (χ1v) is 19.3. The van der Waals surface area contributed by atoms with Gasteiger partial charge in [0, 0.05) is 36.5 Å². The Hall–Kier alpha value is -5.79. The lowest BCUT2D eigenvalue weighted by Crippen LogP contribution is -2.49. The van der Waals surface area contributed by atoms with E-state index in [-0.39, 0.29) is 65.5 Å². The molecule has 0 spiro atoms. The summed E-state index contributed by atoms with van der Waals surface area (Å²) in [5.74, 6) is -11.9. The summed E-state index contributed by atoms with van der Waals surface area (Å²) < 4.78 is 4.82. The number of nitrogens with one attached hydrogen (secondary N) is 5. The molecule has 5 amide bonds. The Labute approximate surface area is 338 Å². The second-order valence-electron chi connectivity index (χ2n) is 12.0. The molecule has 4 atom stereocenters. The Bertz CT molecular complexity index is 1710.